The van der Waals surface area contributed by atoms with Gasteiger partial charge in [0.05, 0.1) is 34.0 Å². The lowest BCUT2D eigenvalue weighted by Gasteiger charge is -2.39. The average Bonchev–Trinajstić information content (AvgIpc) is 2.88. The third kappa shape index (κ3) is 6.22. The van der Waals surface area contributed by atoms with Crippen LogP contribution >= 0.6 is 0 Å². The number of piperazine rings is 1. The number of carbonyl (C=O) groups excluding carboxylic acids is 1. The fourth-order valence-electron chi connectivity index (χ4n) is 4.74. The van der Waals surface area contributed by atoms with Gasteiger partial charge < -0.3 is 23.8 Å². The normalized spacial score (nSPS) is 19.4. The van der Waals surface area contributed by atoms with Crippen molar-refractivity contribution in [2.75, 3.05) is 73.7 Å². The highest BCUT2D eigenvalue weighted by Crippen LogP contribution is 2.38. The minimum absolute atomic E-state index is 0.0564. The van der Waals surface area contributed by atoms with Gasteiger partial charge in [0, 0.05) is 57.9 Å². The molecule has 4 rings (SSSR count). The Kier molecular flexibility index (Phi) is 8.43. The van der Waals surface area contributed by atoms with E-state index < -0.39 is 0 Å². The molecule has 2 aromatic carbocycles. The van der Waals surface area contributed by atoms with Crippen LogP contribution in [0.1, 0.15) is 15.9 Å². The molecule has 0 saturated carbocycles. The summed E-state index contributed by atoms with van der Waals surface area (Å²) in [7, 11) is 4.62. The molecule has 2 heterocycles. The molecule has 0 bridgehead atoms. The summed E-state index contributed by atoms with van der Waals surface area (Å²) < 4.78 is 35.7. The highest BCUT2D eigenvalue weighted by atomic mass is 19.1. The second-order valence-corrected chi connectivity index (χ2v) is 8.86. The zero-order chi connectivity index (χ0) is 24.8. The van der Waals surface area contributed by atoms with Crippen molar-refractivity contribution >= 4 is 5.91 Å². The van der Waals surface area contributed by atoms with Crippen LogP contribution in [0.2, 0.25) is 0 Å². The number of hydrogen-bond acceptors (Lipinski definition) is 7. The molecule has 2 saturated heterocycles. The summed E-state index contributed by atoms with van der Waals surface area (Å²) in [6.07, 6.45) is 0.0923. The van der Waals surface area contributed by atoms with Crippen molar-refractivity contribution in [3.63, 3.8) is 0 Å². The van der Waals surface area contributed by atoms with Crippen LogP contribution in [-0.4, -0.2) is 100 Å². The Morgan fingerprint density at radius 1 is 0.971 bits per heavy atom. The molecule has 35 heavy (non-hydrogen) atoms. The first-order valence-corrected chi connectivity index (χ1v) is 11.9. The molecule has 9 heteroatoms. The van der Waals surface area contributed by atoms with Gasteiger partial charge in [-0.3, -0.25) is 14.6 Å². The molecule has 0 aromatic heterocycles. The van der Waals surface area contributed by atoms with Crippen LogP contribution in [0.3, 0.4) is 0 Å². The summed E-state index contributed by atoms with van der Waals surface area (Å²) in [4.78, 5) is 19.7. The van der Waals surface area contributed by atoms with Crippen molar-refractivity contribution in [3.8, 4) is 17.2 Å². The number of amides is 1. The Hall–Kier alpha value is -2.88. The fraction of sp³-hybridized carbons (Fsp3) is 0.500. The Balaban J connectivity index is 1.30. The van der Waals surface area contributed by atoms with Gasteiger partial charge in [-0.1, -0.05) is 12.1 Å². The molecule has 8 nitrogen and oxygen atoms in total. The fourth-order valence-corrected chi connectivity index (χ4v) is 4.74. The number of hydrogen-bond donors (Lipinski definition) is 0. The zero-order valence-electron chi connectivity index (χ0n) is 20.7. The molecule has 0 aliphatic carbocycles. The number of halogens is 1. The van der Waals surface area contributed by atoms with E-state index >= 15 is 0 Å². The molecule has 190 valence electrons. The summed E-state index contributed by atoms with van der Waals surface area (Å²) >= 11 is 0. The first-order valence-electron chi connectivity index (χ1n) is 11.9. The largest absolute Gasteiger partial charge is 0.493 e. The topological polar surface area (TPSA) is 63.7 Å². The number of morpholine rings is 1. The first kappa shape index (κ1) is 25.2. The number of carbonyl (C=O) groups is 1. The summed E-state index contributed by atoms with van der Waals surface area (Å²) in [6, 6.07) is 10.2. The van der Waals surface area contributed by atoms with Crippen molar-refractivity contribution < 1.29 is 28.1 Å². The van der Waals surface area contributed by atoms with E-state index in [1.807, 2.05) is 11.0 Å². The van der Waals surface area contributed by atoms with Crippen molar-refractivity contribution in [1.82, 2.24) is 14.7 Å². The highest BCUT2D eigenvalue weighted by molar-refractivity contribution is 5.95. The number of ether oxygens (including phenoxy) is 4. The van der Waals surface area contributed by atoms with Crippen molar-refractivity contribution in [2.24, 2.45) is 0 Å². The second kappa shape index (κ2) is 11.7. The third-order valence-electron chi connectivity index (χ3n) is 6.55. The van der Waals surface area contributed by atoms with Crippen LogP contribution in [0, 0.1) is 5.82 Å². The Morgan fingerprint density at radius 2 is 1.69 bits per heavy atom. The maximum Gasteiger partial charge on any atom is 0.254 e. The molecule has 2 aliphatic rings. The van der Waals surface area contributed by atoms with Gasteiger partial charge >= 0.3 is 0 Å². The van der Waals surface area contributed by atoms with E-state index in [9.17, 15) is 9.18 Å². The molecule has 0 spiro atoms. The Labute approximate surface area is 206 Å². The summed E-state index contributed by atoms with van der Waals surface area (Å²) in [5.74, 6) is 1.14. The van der Waals surface area contributed by atoms with Gasteiger partial charge in [0.15, 0.2) is 11.5 Å². The lowest BCUT2D eigenvalue weighted by atomic mass is 10.1. The van der Waals surface area contributed by atoms with Crippen LogP contribution in [0.15, 0.2) is 36.4 Å². The summed E-state index contributed by atoms with van der Waals surface area (Å²) in [6.45, 7) is 6.66. The lowest BCUT2D eigenvalue weighted by Crippen LogP contribution is -2.53. The molecule has 0 radical (unpaired) electrons. The number of rotatable bonds is 8. The first-order chi connectivity index (χ1) is 17.0. The quantitative estimate of drug-likeness (QED) is 0.567. The third-order valence-corrected chi connectivity index (χ3v) is 6.55. The van der Waals surface area contributed by atoms with Crippen LogP contribution in [0.25, 0.3) is 0 Å². The molecule has 2 aromatic rings. The maximum atomic E-state index is 13.5. The number of benzene rings is 2. The lowest BCUT2D eigenvalue weighted by molar-refractivity contribution is -0.0497. The average molecular weight is 488 g/mol. The van der Waals surface area contributed by atoms with E-state index in [0.717, 1.165) is 38.3 Å². The predicted octanol–water partition coefficient (Wildman–Crippen LogP) is 2.51. The molecule has 2 aliphatic heterocycles. The molecule has 1 atom stereocenters. The maximum absolute atomic E-state index is 13.5. The predicted molar refractivity (Wildman–Crippen MR) is 130 cm³/mol. The van der Waals surface area contributed by atoms with Gasteiger partial charge in [0.1, 0.15) is 5.82 Å². The SMILES string of the molecule is COc1cc(C(=O)N2CCN(C[C@@H]3CN(Cc4cccc(F)c4)CCO3)CC2)cc(OC)c1OC. The smallest absolute Gasteiger partial charge is 0.254 e. The van der Waals surface area contributed by atoms with Gasteiger partial charge in [-0.2, -0.15) is 0 Å². The molecular formula is C26H34FN3O5. The standard InChI is InChI=1S/C26H34FN3O5/c1-32-23-14-20(15-24(33-2)25(23)34-3)26(31)30-9-7-28(8-10-30)17-22-18-29(11-12-35-22)16-19-5-4-6-21(27)13-19/h4-6,13-15,22H,7-12,16-18H2,1-3H3/t22-/m1/s1. The van der Waals surface area contributed by atoms with Crippen molar-refractivity contribution in [3.05, 3.63) is 53.3 Å². The van der Waals surface area contributed by atoms with Gasteiger partial charge in [0.25, 0.3) is 5.91 Å². The molecule has 2 fully saturated rings. The monoisotopic (exact) mass is 487 g/mol. The highest BCUT2D eigenvalue weighted by Gasteiger charge is 2.28. The van der Waals surface area contributed by atoms with E-state index in [-0.39, 0.29) is 17.8 Å². The van der Waals surface area contributed by atoms with Crippen molar-refractivity contribution in [1.29, 1.82) is 0 Å². The molecule has 1 amide bonds. The molecule has 0 N–H and O–H groups in total. The van der Waals surface area contributed by atoms with Crippen LogP contribution in [0.5, 0.6) is 17.2 Å². The van der Waals surface area contributed by atoms with Crippen molar-refractivity contribution in [2.45, 2.75) is 12.6 Å². The molecule has 0 unspecified atom stereocenters. The van der Waals surface area contributed by atoms with E-state index in [1.54, 1.807) is 24.3 Å². The second-order valence-electron chi connectivity index (χ2n) is 8.86. The van der Waals surface area contributed by atoms with E-state index in [1.165, 1.54) is 27.4 Å². The zero-order valence-corrected chi connectivity index (χ0v) is 20.7. The summed E-state index contributed by atoms with van der Waals surface area (Å²) in [5.41, 5.74) is 1.49. The Bertz CT molecular complexity index is 987. The van der Waals surface area contributed by atoms with Gasteiger partial charge in [-0.15, -0.1) is 0 Å². The van der Waals surface area contributed by atoms with Gasteiger partial charge in [0.2, 0.25) is 5.75 Å². The van der Waals surface area contributed by atoms with Crippen LogP contribution < -0.4 is 14.2 Å². The minimum atomic E-state index is -0.203. The number of methoxy groups -OCH3 is 3. The molecular weight excluding hydrogens is 453 g/mol. The van der Waals surface area contributed by atoms with Gasteiger partial charge in [-0.05, 0) is 29.8 Å². The van der Waals surface area contributed by atoms with Crippen LogP contribution in [0.4, 0.5) is 4.39 Å². The van der Waals surface area contributed by atoms with Crippen LogP contribution in [-0.2, 0) is 11.3 Å². The minimum Gasteiger partial charge on any atom is -0.493 e. The number of nitrogens with zero attached hydrogens (tertiary/aromatic N) is 3. The van der Waals surface area contributed by atoms with Gasteiger partial charge in [-0.25, -0.2) is 4.39 Å². The van der Waals surface area contributed by atoms with E-state index in [2.05, 4.69) is 9.80 Å². The van der Waals surface area contributed by atoms with E-state index in [4.69, 9.17) is 18.9 Å². The summed E-state index contributed by atoms with van der Waals surface area (Å²) in [5, 5.41) is 0. The Morgan fingerprint density at radius 3 is 2.31 bits per heavy atom. The van der Waals surface area contributed by atoms with E-state index in [0.29, 0.717) is 49.1 Å².